The van der Waals surface area contributed by atoms with Crippen LogP contribution in [-0.4, -0.2) is 37.5 Å². The first kappa shape index (κ1) is 19.0. The van der Waals surface area contributed by atoms with Gasteiger partial charge >= 0.3 is 6.03 Å². The van der Waals surface area contributed by atoms with Crippen LogP contribution in [0.15, 0.2) is 24.3 Å². The summed E-state index contributed by atoms with van der Waals surface area (Å²) in [7, 11) is 3.41. The summed E-state index contributed by atoms with van der Waals surface area (Å²) in [5, 5.41) is 5.71. The molecule has 0 heterocycles. The Hall–Kier alpha value is -2.04. The van der Waals surface area contributed by atoms with E-state index in [0.29, 0.717) is 23.7 Å². The molecule has 0 bridgehead atoms. The standard InChI is InChI=1S/C18H29N3O2/c1-5-7-9-14(6-2)13-19-18(23)20-16-11-8-10-15(12-16)17(22)21(3)4/h8,10-12,14H,5-7,9,13H2,1-4H3,(H2,19,20,23). The molecule has 1 aromatic rings. The Morgan fingerprint density at radius 3 is 2.57 bits per heavy atom. The predicted molar refractivity (Wildman–Crippen MR) is 94.8 cm³/mol. The number of carbonyl (C=O) groups excluding carboxylic acids is 2. The van der Waals surface area contributed by atoms with Crippen LogP contribution in [0.25, 0.3) is 0 Å². The molecule has 0 spiro atoms. The maximum atomic E-state index is 12.0. The molecule has 5 nitrogen and oxygen atoms in total. The average molecular weight is 319 g/mol. The number of amides is 3. The summed E-state index contributed by atoms with van der Waals surface area (Å²) in [5.41, 5.74) is 1.18. The minimum absolute atomic E-state index is 0.0836. The van der Waals surface area contributed by atoms with Gasteiger partial charge in [0.1, 0.15) is 0 Å². The fourth-order valence-corrected chi connectivity index (χ4v) is 2.34. The van der Waals surface area contributed by atoms with Crippen LogP contribution >= 0.6 is 0 Å². The Morgan fingerprint density at radius 2 is 1.96 bits per heavy atom. The second-order valence-electron chi connectivity index (χ2n) is 6.03. The summed E-state index contributed by atoms with van der Waals surface area (Å²) in [4.78, 5) is 25.5. The highest BCUT2D eigenvalue weighted by molar-refractivity contribution is 5.96. The number of rotatable bonds is 8. The van der Waals surface area contributed by atoms with Crippen LogP contribution in [0.1, 0.15) is 49.9 Å². The molecule has 0 saturated heterocycles. The molecule has 23 heavy (non-hydrogen) atoms. The summed E-state index contributed by atoms with van der Waals surface area (Å²) in [6, 6.07) is 6.75. The van der Waals surface area contributed by atoms with Crippen LogP contribution in [0.2, 0.25) is 0 Å². The minimum Gasteiger partial charge on any atom is -0.345 e. The molecule has 1 atom stereocenters. The monoisotopic (exact) mass is 319 g/mol. The van der Waals surface area contributed by atoms with Crippen molar-refractivity contribution < 1.29 is 9.59 Å². The van der Waals surface area contributed by atoms with Gasteiger partial charge in [-0.2, -0.15) is 0 Å². The molecule has 0 radical (unpaired) electrons. The zero-order chi connectivity index (χ0) is 17.2. The third-order valence-electron chi connectivity index (χ3n) is 3.87. The maximum absolute atomic E-state index is 12.0. The third kappa shape index (κ3) is 6.72. The first-order valence-electron chi connectivity index (χ1n) is 8.34. The fraction of sp³-hybridized carbons (Fsp3) is 0.556. The topological polar surface area (TPSA) is 61.4 Å². The van der Waals surface area contributed by atoms with Crippen molar-refractivity contribution in [1.82, 2.24) is 10.2 Å². The predicted octanol–water partition coefficient (Wildman–Crippen LogP) is 3.73. The number of nitrogens with zero attached hydrogens (tertiary/aromatic N) is 1. The first-order valence-corrected chi connectivity index (χ1v) is 8.34. The van der Waals surface area contributed by atoms with Gasteiger partial charge in [-0.1, -0.05) is 39.2 Å². The molecule has 1 unspecified atom stereocenters. The Kier molecular flexibility index (Phi) is 8.16. The fourth-order valence-electron chi connectivity index (χ4n) is 2.34. The highest BCUT2D eigenvalue weighted by Gasteiger charge is 2.11. The van der Waals surface area contributed by atoms with Gasteiger partial charge in [0, 0.05) is 31.9 Å². The van der Waals surface area contributed by atoms with Gasteiger partial charge < -0.3 is 15.5 Å². The number of nitrogens with one attached hydrogen (secondary N) is 2. The van der Waals surface area contributed by atoms with Crippen molar-refractivity contribution in [3.63, 3.8) is 0 Å². The van der Waals surface area contributed by atoms with Crippen molar-refractivity contribution in [1.29, 1.82) is 0 Å². The number of hydrogen-bond acceptors (Lipinski definition) is 2. The molecule has 0 saturated carbocycles. The van der Waals surface area contributed by atoms with E-state index in [4.69, 9.17) is 0 Å². The quantitative estimate of drug-likeness (QED) is 0.767. The molecule has 0 aromatic heterocycles. The minimum atomic E-state index is -0.227. The molecule has 1 aromatic carbocycles. The molecule has 0 fully saturated rings. The van der Waals surface area contributed by atoms with Gasteiger partial charge in [-0.05, 0) is 30.5 Å². The van der Waals surface area contributed by atoms with Crippen LogP contribution in [0.5, 0.6) is 0 Å². The van der Waals surface area contributed by atoms with Gasteiger partial charge in [0.15, 0.2) is 0 Å². The molecule has 1 rings (SSSR count). The number of benzene rings is 1. The Bertz CT molecular complexity index is 515. The largest absolute Gasteiger partial charge is 0.345 e. The number of carbonyl (C=O) groups is 2. The van der Waals surface area contributed by atoms with Gasteiger partial charge in [0.25, 0.3) is 5.91 Å². The summed E-state index contributed by atoms with van der Waals surface area (Å²) in [6.07, 6.45) is 4.57. The Labute approximate surface area is 139 Å². The van der Waals surface area contributed by atoms with E-state index in [1.54, 1.807) is 38.4 Å². The van der Waals surface area contributed by atoms with Crippen LogP contribution in [-0.2, 0) is 0 Å². The number of anilines is 1. The molecule has 0 aliphatic heterocycles. The number of urea groups is 1. The smallest absolute Gasteiger partial charge is 0.319 e. The molecule has 5 heteroatoms. The SMILES string of the molecule is CCCCC(CC)CNC(=O)Nc1cccc(C(=O)N(C)C)c1. The summed E-state index contributed by atoms with van der Waals surface area (Å²) < 4.78 is 0. The highest BCUT2D eigenvalue weighted by Crippen LogP contribution is 2.13. The maximum Gasteiger partial charge on any atom is 0.319 e. The highest BCUT2D eigenvalue weighted by atomic mass is 16.2. The summed E-state index contributed by atoms with van der Waals surface area (Å²) in [5.74, 6) is 0.432. The van der Waals surface area contributed by atoms with E-state index in [1.807, 2.05) is 0 Å². The van der Waals surface area contributed by atoms with E-state index in [1.165, 1.54) is 17.7 Å². The molecule has 0 aliphatic rings. The van der Waals surface area contributed by atoms with Gasteiger partial charge in [-0.3, -0.25) is 4.79 Å². The average Bonchev–Trinajstić information content (AvgIpc) is 2.54. The van der Waals surface area contributed by atoms with Crippen LogP contribution < -0.4 is 10.6 Å². The Balaban J connectivity index is 2.54. The first-order chi connectivity index (χ1) is 11.0. The van der Waals surface area contributed by atoms with Crippen LogP contribution in [0, 0.1) is 5.92 Å². The van der Waals surface area contributed by atoms with E-state index in [2.05, 4.69) is 24.5 Å². The van der Waals surface area contributed by atoms with Crippen molar-refractivity contribution in [2.24, 2.45) is 5.92 Å². The van der Waals surface area contributed by atoms with Crippen LogP contribution in [0.4, 0.5) is 10.5 Å². The normalized spacial score (nSPS) is 11.7. The lowest BCUT2D eigenvalue weighted by atomic mass is 9.99. The second kappa shape index (κ2) is 9.87. The van der Waals surface area contributed by atoms with E-state index >= 15 is 0 Å². The van der Waals surface area contributed by atoms with Crippen molar-refractivity contribution in [3.05, 3.63) is 29.8 Å². The third-order valence-corrected chi connectivity index (χ3v) is 3.87. The van der Waals surface area contributed by atoms with Gasteiger partial charge in [-0.25, -0.2) is 4.79 Å². The van der Waals surface area contributed by atoms with Gasteiger partial charge in [0.05, 0.1) is 0 Å². The van der Waals surface area contributed by atoms with Crippen molar-refractivity contribution in [2.45, 2.75) is 39.5 Å². The molecule has 128 valence electrons. The summed E-state index contributed by atoms with van der Waals surface area (Å²) >= 11 is 0. The molecular weight excluding hydrogens is 290 g/mol. The van der Waals surface area contributed by atoms with Crippen molar-refractivity contribution in [3.8, 4) is 0 Å². The molecule has 3 amide bonds. The van der Waals surface area contributed by atoms with Crippen molar-refractivity contribution >= 4 is 17.6 Å². The lowest BCUT2D eigenvalue weighted by Crippen LogP contribution is -2.33. The van der Waals surface area contributed by atoms with Crippen LogP contribution in [0.3, 0.4) is 0 Å². The lowest BCUT2D eigenvalue weighted by molar-refractivity contribution is 0.0827. The number of unbranched alkanes of at least 4 members (excludes halogenated alkanes) is 1. The lowest BCUT2D eigenvalue weighted by Gasteiger charge is -2.16. The number of hydrogen-bond donors (Lipinski definition) is 2. The molecule has 0 aliphatic carbocycles. The van der Waals surface area contributed by atoms with Crippen molar-refractivity contribution in [2.75, 3.05) is 26.0 Å². The second-order valence-corrected chi connectivity index (χ2v) is 6.03. The van der Waals surface area contributed by atoms with Gasteiger partial charge in [0.2, 0.25) is 0 Å². The van der Waals surface area contributed by atoms with Gasteiger partial charge in [-0.15, -0.1) is 0 Å². The van der Waals surface area contributed by atoms with E-state index in [-0.39, 0.29) is 11.9 Å². The zero-order valence-electron chi connectivity index (χ0n) is 14.7. The molecule has 2 N–H and O–H groups in total. The van der Waals surface area contributed by atoms with E-state index < -0.39 is 0 Å². The summed E-state index contributed by atoms with van der Waals surface area (Å²) in [6.45, 7) is 5.00. The molecular formula is C18H29N3O2. The van der Waals surface area contributed by atoms with E-state index in [9.17, 15) is 9.59 Å². The zero-order valence-corrected chi connectivity index (χ0v) is 14.7. The Morgan fingerprint density at radius 1 is 1.22 bits per heavy atom. The van der Waals surface area contributed by atoms with E-state index in [0.717, 1.165) is 12.8 Å².